The standard InChI is InChI=1S/C22H30N4O3S/c1-3-23-21(24-9-6-20-25-13-16(2)30-20)26-14-22(7-10-27-11-8-22)17-4-5-18-19(12-17)29-15-28-18/h4-5,12-13H,3,6-11,14-15H2,1-2H3,(H2,23,24,26). The highest BCUT2D eigenvalue weighted by atomic mass is 32.1. The minimum absolute atomic E-state index is 0.0615. The Morgan fingerprint density at radius 3 is 2.80 bits per heavy atom. The molecule has 0 radical (unpaired) electrons. The van der Waals surface area contributed by atoms with Crippen molar-refractivity contribution in [2.45, 2.75) is 38.5 Å². The molecule has 8 heteroatoms. The van der Waals surface area contributed by atoms with Gasteiger partial charge in [0, 0.05) is 49.2 Å². The van der Waals surface area contributed by atoms with Crippen molar-refractivity contribution < 1.29 is 14.2 Å². The Morgan fingerprint density at radius 1 is 1.20 bits per heavy atom. The molecule has 162 valence electrons. The number of aryl methyl sites for hydroxylation is 1. The summed E-state index contributed by atoms with van der Waals surface area (Å²) in [6, 6.07) is 6.28. The van der Waals surface area contributed by atoms with Crippen LogP contribution in [0.25, 0.3) is 0 Å². The van der Waals surface area contributed by atoms with E-state index in [0.717, 1.165) is 68.0 Å². The minimum atomic E-state index is -0.0615. The van der Waals surface area contributed by atoms with Gasteiger partial charge in [-0.2, -0.15) is 0 Å². The van der Waals surface area contributed by atoms with Crippen LogP contribution in [0.1, 0.15) is 35.2 Å². The molecule has 3 heterocycles. The molecule has 0 unspecified atom stereocenters. The van der Waals surface area contributed by atoms with Crippen molar-refractivity contribution in [3.8, 4) is 11.5 Å². The molecule has 2 aliphatic rings. The normalized spacial score (nSPS) is 17.7. The number of aliphatic imine (C=N–C) groups is 1. The first kappa shape index (κ1) is 20.9. The van der Waals surface area contributed by atoms with E-state index in [9.17, 15) is 0 Å². The summed E-state index contributed by atoms with van der Waals surface area (Å²) < 4.78 is 16.8. The van der Waals surface area contributed by atoms with Gasteiger partial charge in [0.1, 0.15) is 0 Å². The number of rotatable bonds is 7. The summed E-state index contributed by atoms with van der Waals surface area (Å²) in [6.45, 7) is 8.28. The Kier molecular flexibility index (Phi) is 6.74. The predicted molar refractivity (Wildman–Crippen MR) is 119 cm³/mol. The van der Waals surface area contributed by atoms with Crippen LogP contribution < -0.4 is 20.1 Å². The molecular weight excluding hydrogens is 400 g/mol. The highest BCUT2D eigenvalue weighted by Gasteiger charge is 2.35. The smallest absolute Gasteiger partial charge is 0.231 e. The van der Waals surface area contributed by atoms with Crippen LogP contribution in [-0.2, 0) is 16.6 Å². The van der Waals surface area contributed by atoms with Gasteiger partial charge in [-0.15, -0.1) is 11.3 Å². The van der Waals surface area contributed by atoms with Gasteiger partial charge in [-0.25, -0.2) is 4.98 Å². The quantitative estimate of drug-likeness (QED) is 0.519. The monoisotopic (exact) mass is 430 g/mol. The first-order valence-corrected chi connectivity index (χ1v) is 11.4. The fourth-order valence-corrected chi connectivity index (χ4v) is 4.69. The van der Waals surface area contributed by atoms with E-state index < -0.39 is 0 Å². The summed E-state index contributed by atoms with van der Waals surface area (Å²) in [5.74, 6) is 2.49. The first-order chi connectivity index (χ1) is 14.7. The van der Waals surface area contributed by atoms with Crippen LogP contribution in [-0.4, -0.2) is 50.6 Å². The van der Waals surface area contributed by atoms with Gasteiger partial charge in [0.05, 0.1) is 11.6 Å². The number of ether oxygens (including phenoxy) is 3. The van der Waals surface area contributed by atoms with Crippen LogP contribution in [0.4, 0.5) is 0 Å². The number of hydrogen-bond acceptors (Lipinski definition) is 6. The second-order valence-electron chi connectivity index (χ2n) is 7.70. The minimum Gasteiger partial charge on any atom is -0.454 e. The first-order valence-electron chi connectivity index (χ1n) is 10.6. The van der Waals surface area contributed by atoms with E-state index in [0.29, 0.717) is 13.3 Å². The molecule has 1 saturated heterocycles. The molecule has 2 aliphatic heterocycles. The summed E-state index contributed by atoms with van der Waals surface area (Å²) in [4.78, 5) is 10.7. The molecule has 1 aromatic carbocycles. The number of guanidine groups is 1. The van der Waals surface area contributed by atoms with Gasteiger partial charge in [-0.1, -0.05) is 6.07 Å². The van der Waals surface area contributed by atoms with Crippen LogP contribution in [0.15, 0.2) is 29.4 Å². The lowest BCUT2D eigenvalue weighted by molar-refractivity contribution is 0.0530. The van der Waals surface area contributed by atoms with Gasteiger partial charge in [-0.3, -0.25) is 4.99 Å². The van der Waals surface area contributed by atoms with Crippen molar-refractivity contribution in [1.82, 2.24) is 15.6 Å². The van der Waals surface area contributed by atoms with Crippen LogP contribution >= 0.6 is 11.3 Å². The number of fused-ring (bicyclic) bond motifs is 1. The van der Waals surface area contributed by atoms with E-state index in [4.69, 9.17) is 19.2 Å². The summed E-state index contributed by atoms with van der Waals surface area (Å²) in [5, 5.41) is 7.98. The molecule has 0 amide bonds. The van der Waals surface area contributed by atoms with Gasteiger partial charge in [-0.05, 0) is 44.4 Å². The summed E-state index contributed by atoms with van der Waals surface area (Å²) in [6.07, 6.45) is 4.70. The number of nitrogens with one attached hydrogen (secondary N) is 2. The third kappa shape index (κ3) is 4.87. The van der Waals surface area contributed by atoms with E-state index in [2.05, 4.69) is 41.6 Å². The molecule has 2 aromatic rings. The Morgan fingerprint density at radius 2 is 2.03 bits per heavy atom. The van der Waals surface area contributed by atoms with Crippen molar-refractivity contribution in [3.63, 3.8) is 0 Å². The van der Waals surface area contributed by atoms with Crippen LogP contribution in [0, 0.1) is 6.92 Å². The van der Waals surface area contributed by atoms with E-state index in [1.54, 1.807) is 11.3 Å². The second kappa shape index (κ2) is 9.66. The van der Waals surface area contributed by atoms with E-state index in [1.807, 2.05) is 12.3 Å². The fraction of sp³-hybridized carbons (Fsp3) is 0.545. The van der Waals surface area contributed by atoms with Crippen molar-refractivity contribution in [1.29, 1.82) is 0 Å². The molecule has 1 aromatic heterocycles. The average molecular weight is 431 g/mol. The Balaban J connectivity index is 1.47. The number of nitrogens with zero attached hydrogens (tertiary/aromatic N) is 2. The maximum Gasteiger partial charge on any atom is 0.231 e. The molecule has 0 atom stereocenters. The third-order valence-corrected chi connectivity index (χ3v) is 6.59. The topological polar surface area (TPSA) is 77.0 Å². The maximum atomic E-state index is 5.67. The molecule has 4 rings (SSSR count). The number of thiazole rings is 1. The SMILES string of the molecule is CCNC(=NCC1(c2ccc3c(c2)OCO3)CCOCC1)NCCc1ncc(C)s1. The molecular formula is C22H30N4O3S. The molecule has 1 fully saturated rings. The highest BCUT2D eigenvalue weighted by Crippen LogP contribution is 2.41. The Labute approximate surface area is 181 Å². The molecule has 0 spiro atoms. The second-order valence-corrected chi connectivity index (χ2v) is 9.02. The van der Waals surface area contributed by atoms with Crippen molar-refractivity contribution >= 4 is 17.3 Å². The van der Waals surface area contributed by atoms with Gasteiger partial charge in [0.25, 0.3) is 0 Å². The van der Waals surface area contributed by atoms with Crippen molar-refractivity contribution in [3.05, 3.63) is 39.8 Å². The Bertz CT molecular complexity index is 877. The number of aromatic nitrogens is 1. The molecule has 30 heavy (non-hydrogen) atoms. The van der Waals surface area contributed by atoms with E-state index >= 15 is 0 Å². The molecule has 7 nitrogen and oxygen atoms in total. The van der Waals surface area contributed by atoms with Crippen LogP contribution in [0.2, 0.25) is 0 Å². The van der Waals surface area contributed by atoms with Crippen molar-refractivity contribution in [2.24, 2.45) is 4.99 Å². The summed E-state index contributed by atoms with van der Waals surface area (Å²) in [5.41, 5.74) is 1.18. The summed E-state index contributed by atoms with van der Waals surface area (Å²) >= 11 is 1.75. The van der Waals surface area contributed by atoms with Crippen LogP contribution in [0.5, 0.6) is 11.5 Å². The van der Waals surface area contributed by atoms with Gasteiger partial charge < -0.3 is 24.8 Å². The van der Waals surface area contributed by atoms with Gasteiger partial charge in [0.15, 0.2) is 17.5 Å². The maximum absolute atomic E-state index is 5.67. The Hall–Kier alpha value is -2.32. The lowest BCUT2D eigenvalue weighted by atomic mass is 9.74. The number of benzene rings is 1. The highest BCUT2D eigenvalue weighted by molar-refractivity contribution is 7.11. The molecule has 2 N–H and O–H groups in total. The average Bonchev–Trinajstić information content (AvgIpc) is 3.41. The zero-order valence-corrected chi connectivity index (χ0v) is 18.5. The largest absolute Gasteiger partial charge is 0.454 e. The van der Waals surface area contributed by atoms with Gasteiger partial charge in [0.2, 0.25) is 6.79 Å². The lowest BCUT2D eigenvalue weighted by Crippen LogP contribution is -2.41. The zero-order chi connectivity index (χ0) is 20.8. The molecule has 0 bridgehead atoms. The van der Waals surface area contributed by atoms with E-state index in [1.165, 1.54) is 10.4 Å². The third-order valence-electron chi connectivity index (χ3n) is 5.62. The zero-order valence-electron chi connectivity index (χ0n) is 17.7. The predicted octanol–water partition coefficient (Wildman–Crippen LogP) is 3.03. The fourth-order valence-electron chi connectivity index (χ4n) is 3.90. The number of hydrogen-bond donors (Lipinski definition) is 2. The van der Waals surface area contributed by atoms with Crippen molar-refractivity contribution in [2.75, 3.05) is 39.6 Å². The molecule has 0 aliphatic carbocycles. The van der Waals surface area contributed by atoms with E-state index in [-0.39, 0.29) is 5.41 Å². The van der Waals surface area contributed by atoms with Crippen LogP contribution in [0.3, 0.4) is 0 Å². The molecule has 0 saturated carbocycles. The van der Waals surface area contributed by atoms with Gasteiger partial charge >= 0.3 is 0 Å². The lowest BCUT2D eigenvalue weighted by Gasteiger charge is -2.36. The summed E-state index contributed by atoms with van der Waals surface area (Å²) in [7, 11) is 0.